The summed E-state index contributed by atoms with van der Waals surface area (Å²) in [6.07, 6.45) is -3.19. The third kappa shape index (κ3) is 6.26. The van der Waals surface area contributed by atoms with Gasteiger partial charge in [0.2, 0.25) is 5.88 Å². The van der Waals surface area contributed by atoms with Gasteiger partial charge in [0.25, 0.3) is 0 Å². The van der Waals surface area contributed by atoms with Gasteiger partial charge < -0.3 is 20.0 Å². The quantitative estimate of drug-likeness (QED) is 0.303. The number of carbonyl (C=O) groups is 1. The molecule has 3 aromatic rings. The number of nitrogens with two attached hydrogens (primary N) is 1. The van der Waals surface area contributed by atoms with Crippen molar-refractivity contribution in [2.45, 2.75) is 26.6 Å². The molecule has 0 saturated heterocycles. The molecule has 3 rings (SSSR count). The highest BCUT2D eigenvalue weighted by molar-refractivity contribution is 5.90. The van der Waals surface area contributed by atoms with Crippen LogP contribution in [0.3, 0.4) is 0 Å². The molecule has 0 spiro atoms. The SMILES string of the molecule is Cc1noc(C)c1-c1ccc(CN/C=C(/NC(=O)Nc2cccc(C(F)(F)F)c2)ON)cc1. The van der Waals surface area contributed by atoms with Crippen LogP contribution >= 0.6 is 0 Å². The normalized spacial score (nSPS) is 11.8. The Morgan fingerprint density at radius 2 is 1.91 bits per heavy atom. The zero-order valence-electron chi connectivity index (χ0n) is 17.8. The Labute approximate surface area is 187 Å². The number of aromatic nitrogens is 1. The summed E-state index contributed by atoms with van der Waals surface area (Å²) in [7, 11) is 0. The van der Waals surface area contributed by atoms with E-state index in [2.05, 4.69) is 25.9 Å². The van der Waals surface area contributed by atoms with Gasteiger partial charge in [-0.25, -0.2) is 4.79 Å². The molecule has 174 valence electrons. The Hall–Kier alpha value is -3.99. The summed E-state index contributed by atoms with van der Waals surface area (Å²) >= 11 is 0. The summed E-state index contributed by atoms with van der Waals surface area (Å²) in [4.78, 5) is 16.7. The second-order valence-electron chi connectivity index (χ2n) is 7.06. The van der Waals surface area contributed by atoms with Crippen LogP contribution in [0.4, 0.5) is 23.7 Å². The molecule has 0 unspecified atom stereocenters. The fourth-order valence-corrected chi connectivity index (χ4v) is 3.09. The third-order valence-electron chi connectivity index (χ3n) is 4.63. The number of alkyl halides is 3. The van der Waals surface area contributed by atoms with Crippen molar-refractivity contribution < 1.29 is 27.3 Å². The maximum absolute atomic E-state index is 12.8. The van der Waals surface area contributed by atoms with E-state index in [-0.39, 0.29) is 11.6 Å². The van der Waals surface area contributed by atoms with E-state index in [0.29, 0.717) is 6.54 Å². The second-order valence-corrected chi connectivity index (χ2v) is 7.06. The summed E-state index contributed by atoms with van der Waals surface area (Å²) in [5, 5.41) is 11.5. The number of carbonyl (C=O) groups excluding carboxylic acids is 1. The van der Waals surface area contributed by atoms with Gasteiger partial charge in [-0.2, -0.15) is 19.1 Å². The molecule has 0 atom stereocenters. The largest absolute Gasteiger partial charge is 0.416 e. The summed E-state index contributed by atoms with van der Waals surface area (Å²) in [5.74, 6) is 5.77. The molecule has 0 aliphatic rings. The van der Waals surface area contributed by atoms with Crippen molar-refractivity contribution in [3.05, 3.63) is 83.2 Å². The van der Waals surface area contributed by atoms with Crippen LogP contribution in [0.5, 0.6) is 0 Å². The standard InChI is InChI=1S/C22H22F3N5O3/c1-13-20(14(2)33-30-13)16-8-6-15(7-9-16)11-27-12-19(32-26)29-21(31)28-18-5-3-4-17(10-18)22(23,24)25/h3-10,12,27H,11,26H2,1-2H3,(H2,28,29,31)/b19-12-. The van der Waals surface area contributed by atoms with E-state index in [9.17, 15) is 18.0 Å². The Morgan fingerprint density at radius 3 is 2.52 bits per heavy atom. The van der Waals surface area contributed by atoms with Gasteiger partial charge in [0.15, 0.2) is 0 Å². The molecule has 2 aromatic carbocycles. The van der Waals surface area contributed by atoms with Gasteiger partial charge in [-0.1, -0.05) is 35.5 Å². The molecule has 1 heterocycles. The van der Waals surface area contributed by atoms with Gasteiger partial charge in [-0.15, -0.1) is 0 Å². The molecule has 0 fully saturated rings. The van der Waals surface area contributed by atoms with Crippen LogP contribution in [0.15, 0.2) is 65.1 Å². The highest BCUT2D eigenvalue weighted by atomic mass is 19.4. The minimum Gasteiger partial charge on any atom is -0.391 e. The average molecular weight is 461 g/mol. The number of amides is 2. The van der Waals surface area contributed by atoms with Gasteiger partial charge in [-0.3, -0.25) is 5.32 Å². The topological polar surface area (TPSA) is 114 Å². The monoisotopic (exact) mass is 461 g/mol. The van der Waals surface area contributed by atoms with Gasteiger partial charge in [-0.05, 0) is 43.2 Å². The summed E-state index contributed by atoms with van der Waals surface area (Å²) in [6.45, 7) is 4.11. The summed E-state index contributed by atoms with van der Waals surface area (Å²) in [5.41, 5.74) is 2.75. The van der Waals surface area contributed by atoms with Crippen molar-refractivity contribution in [3.8, 4) is 11.1 Å². The molecule has 0 saturated carbocycles. The van der Waals surface area contributed by atoms with Crippen molar-refractivity contribution in [1.82, 2.24) is 15.8 Å². The molecule has 8 nitrogen and oxygen atoms in total. The lowest BCUT2D eigenvalue weighted by Gasteiger charge is -2.12. The van der Waals surface area contributed by atoms with Crippen LogP contribution in [0.1, 0.15) is 22.6 Å². The number of halogens is 3. The zero-order valence-corrected chi connectivity index (χ0v) is 17.8. The number of anilines is 1. The lowest BCUT2D eigenvalue weighted by Crippen LogP contribution is -2.31. The molecule has 0 aliphatic heterocycles. The van der Waals surface area contributed by atoms with Gasteiger partial charge in [0, 0.05) is 17.8 Å². The van der Waals surface area contributed by atoms with E-state index in [4.69, 9.17) is 10.4 Å². The van der Waals surface area contributed by atoms with Crippen LogP contribution in [0, 0.1) is 13.8 Å². The number of hydrogen-bond acceptors (Lipinski definition) is 6. The number of benzene rings is 2. The predicted octanol–water partition coefficient (Wildman–Crippen LogP) is 4.58. The van der Waals surface area contributed by atoms with Crippen molar-refractivity contribution in [3.63, 3.8) is 0 Å². The van der Waals surface area contributed by atoms with E-state index >= 15 is 0 Å². The molecule has 0 radical (unpaired) electrons. The first-order chi connectivity index (χ1) is 15.7. The number of nitrogens with zero attached hydrogens (tertiary/aromatic N) is 1. The Morgan fingerprint density at radius 1 is 1.18 bits per heavy atom. The molecular formula is C22H22F3N5O3. The average Bonchev–Trinajstić information content (AvgIpc) is 3.11. The van der Waals surface area contributed by atoms with E-state index in [0.717, 1.165) is 40.3 Å². The lowest BCUT2D eigenvalue weighted by atomic mass is 10.0. The lowest BCUT2D eigenvalue weighted by molar-refractivity contribution is -0.137. The van der Waals surface area contributed by atoms with E-state index in [1.807, 2.05) is 38.1 Å². The van der Waals surface area contributed by atoms with Crippen molar-refractivity contribution in [2.24, 2.45) is 5.90 Å². The minimum atomic E-state index is -4.52. The first-order valence-electron chi connectivity index (χ1n) is 9.75. The summed E-state index contributed by atoms with van der Waals surface area (Å²) in [6, 6.07) is 11.1. The second kappa shape index (κ2) is 10.1. The molecule has 5 N–H and O–H groups in total. The van der Waals surface area contributed by atoms with Crippen LogP contribution in [-0.4, -0.2) is 11.2 Å². The fraction of sp³-hybridized carbons (Fsp3) is 0.182. The van der Waals surface area contributed by atoms with E-state index < -0.39 is 17.8 Å². The van der Waals surface area contributed by atoms with E-state index in [1.54, 1.807) is 0 Å². The Balaban J connectivity index is 1.55. The Bertz CT molecular complexity index is 1120. The first-order valence-corrected chi connectivity index (χ1v) is 9.75. The number of aryl methyl sites for hydroxylation is 2. The van der Waals surface area contributed by atoms with Crippen molar-refractivity contribution >= 4 is 11.7 Å². The fourth-order valence-electron chi connectivity index (χ4n) is 3.09. The maximum atomic E-state index is 12.8. The smallest absolute Gasteiger partial charge is 0.391 e. The Kier molecular flexibility index (Phi) is 7.23. The van der Waals surface area contributed by atoms with Gasteiger partial charge in [0.05, 0.1) is 17.5 Å². The van der Waals surface area contributed by atoms with Crippen molar-refractivity contribution in [1.29, 1.82) is 0 Å². The molecule has 33 heavy (non-hydrogen) atoms. The minimum absolute atomic E-state index is 0.0370. The zero-order chi connectivity index (χ0) is 24.0. The van der Waals surface area contributed by atoms with Crippen LogP contribution in [-0.2, 0) is 17.6 Å². The van der Waals surface area contributed by atoms with Gasteiger partial charge >= 0.3 is 12.2 Å². The number of urea groups is 1. The van der Waals surface area contributed by atoms with E-state index in [1.165, 1.54) is 18.3 Å². The van der Waals surface area contributed by atoms with Crippen LogP contribution < -0.4 is 21.8 Å². The summed E-state index contributed by atoms with van der Waals surface area (Å²) < 4.78 is 43.6. The highest BCUT2D eigenvalue weighted by Crippen LogP contribution is 2.30. The number of rotatable bonds is 7. The highest BCUT2D eigenvalue weighted by Gasteiger charge is 2.30. The number of hydrogen-bond donors (Lipinski definition) is 4. The van der Waals surface area contributed by atoms with Crippen LogP contribution in [0.2, 0.25) is 0 Å². The molecule has 0 aliphatic carbocycles. The van der Waals surface area contributed by atoms with Crippen LogP contribution in [0.25, 0.3) is 11.1 Å². The predicted molar refractivity (Wildman–Crippen MR) is 115 cm³/mol. The maximum Gasteiger partial charge on any atom is 0.416 e. The molecule has 2 amide bonds. The van der Waals surface area contributed by atoms with Gasteiger partial charge in [0.1, 0.15) is 5.76 Å². The molecule has 1 aromatic heterocycles. The number of nitrogens with one attached hydrogen (secondary N) is 3. The molecule has 11 heteroatoms. The van der Waals surface area contributed by atoms with Crippen molar-refractivity contribution in [2.75, 3.05) is 5.32 Å². The third-order valence-corrected chi connectivity index (χ3v) is 4.63. The molecule has 0 bridgehead atoms. The molecular weight excluding hydrogens is 439 g/mol. The first kappa shape index (κ1) is 23.7.